The van der Waals surface area contributed by atoms with Crippen molar-refractivity contribution in [1.82, 2.24) is 10.3 Å². The number of hydrogen-bond acceptors (Lipinski definition) is 4. The molecule has 0 fully saturated rings. The number of carbonyl (C=O) groups excluding carboxylic acids is 1. The minimum absolute atomic E-state index is 0.219. The second kappa shape index (κ2) is 6.98. The quantitative estimate of drug-likeness (QED) is 0.743. The van der Waals surface area contributed by atoms with Crippen molar-refractivity contribution >= 4 is 28.9 Å². The average molecular weight is 328 g/mol. The number of nitrogens with zero attached hydrogens (tertiary/aromatic N) is 1. The van der Waals surface area contributed by atoms with Gasteiger partial charge < -0.3 is 15.1 Å². The highest BCUT2D eigenvalue weighted by molar-refractivity contribution is 6.30. The van der Waals surface area contributed by atoms with E-state index in [9.17, 15) is 4.79 Å². The molecule has 5 nitrogen and oxygen atoms in total. The van der Waals surface area contributed by atoms with Crippen molar-refractivity contribution in [3.05, 3.63) is 77.5 Å². The molecule has 0 saturated carbocycles. The van der Waals surface area contributed by atoms with Gasteiger partial charge in [-0.1, -0.05) is 17.7 Å². The Morgan fingerprint density at radius 3 is 2.83 bits per heavy atom. The van der Waals surface area contributed by atoms with Crippen LogP contribution in [0.1, 0.15) is 16.1 Å². The maximum absolute atomic E-state index is 12.2. The smallest absolute Gasteiger partial charge is 0.253 e. The summed E-state index contributed by atoms with van der Waals surface area (Å²) in [5, 5.41) is 6.58. The molecule has 2 heterocycles. The Labute approximate surface area is 138 Å². The molecule has 3 aromatic rings. The molecule has 0 unspecified atom stereocenters. The van der Waals surface area contributed by atoms with Gasteiger partial charge in [0.15, 0.2) is 0 Å². The van der Waals surface area contributed by atoms with Crippen LogP contribution in [0.15, 0.2) is 65.5 Å². The number of pyridine rings is 1. The summed E-state index contributed by atoms with van der Waals surface area (Å²) in [6.45, 7) is 0.331. The minimum atomic E-state index is -0.219. The third-order valence-corrected chi connectivity index (χ3v) is 3.35. The maximum Gasteiger partial charge on any atom is 0.253 e. The number of aromatic nitrogens is 1. The normalized spacial score (nSPS) is 10.3. The van der Waals surface area contributed by atoms with Crippen LogP contribution in [-0.4, -0.2) is 10.9 Å². The molecule has 116 valence electrons. The van der Waals surface area contributed by atoms with E-state index >= 15 is 0 Å². The minimum Gasteiger partial charge on any atom is -0.467 e. The zero-order valence-corrected chi connectivity index (χ0v) is 12.9. The zero-order valence-electron chi connectivity index (χ0n) is 12.1. The molecule has 0 atom stereocenters. The maximum atomic E-state index is 12.2. The summed E-state index contributed by atoms with van der Waals surface area (Å²) in [5.41, 5.74) is 1.99. The first-order valence-corrected chi connectivity index (χ1v) is 7.37. The second-order valence-electron chi connectivity index (χ2n) is 4.86. The van der Waals surface area contributed by atoms with Crippen molar-refractivity contribution in [2.75, 3.05) is 5.32 Å². The average Bonchev–Trinajstić information content (AvgIpc) is 3.06. The number of carbonyl (C=O) groups is 1. The summed E-state index contributed by atoms with van der Waals surface area (Å²) in [5.74, 6) is 0.475. The summed E-state index contributed by atoms with van der Waals surface area (Å²) >= 11 is 5.95. The largest absolute Gasteiger partial charge is 0.467 e. The molecule has 23 heavy (non-hydrogen) atoms. The summed E-state index contributed by atoms with van der Waals surface area (Å²) in [4.78, 5) is 16.2. The van der Waals surface area contributed by atoms with Crippen LogP contribution >= 0.6 is 11.6 Å². The van der Waals surface area contributed by atoms with Crippen LogP contribution in [0.3, 0.4) is 0 Å². The molecule has 0 radical (unpaired) electrons. The van der Waals surface area contributed by atoms with Gasteiger partial charge in [-0.25, -0.2) is 0 Å². The van der Waals surface area contributed by atoms with Gasteiger partial charge in [-0.05, 0) is 36.4 Å². The van der Waals surface area contributed by atoms with Gasteiger partial charge in [0.2, 0.25) is 0 Å². The first-order valence-electron chi connectivity index (χ1n) is 6.99. The number of nitrogens with one attached hydrogen (secondary N) is 2. The van der Waals surface area contributed by atoms with Gasteiger partial charge in [0.05, 0.1) is 30.3 Å². The van der Waals surface area contributed by atoms with Crippen LogP contribution in [0.25, 0.3) is 0 Å². The Kier molecular flexibility index (Phi) is 4.59. The Bertz CT molecular complexity index is 803. The zero-order chi connectivity index (χ0) is 16.1. The highest BCUT2D eigenvalue weighted by Gasteiger charge is 2.08. The number of furan rings is 1. The molecule has 1 aromatic carbocycles. The van der Waals surface area contributed by atoms with E-state index in [1.54, 1.807) is 42.8 Å². The first kappa shape index (κ1) is 15.1. The lowest BCUT2D eigenvalue weighted by atomic mass is 10.2. The molecule has 1 amide bonds. The number of anilines is 2. The third kappa shape index (κ3) is 4.11. The monoisotopic (exact) mass is 327 g/mol. The first-order chi connectivity index (χ1) is 11.2. The molecule has 0 aliphatic rings. The van der Waals surface area contributed by atoms with Gasteiger partial charge >= 0.3 is 0 Å². The summed E-state index contributed by atoms with van der Waals surface area (Å²) in [6.07, 6.45) is 4.73. The fourth-order valence-corrected chi connectivity index (χ4v) is 2.24. The number of hydrogen-bond donors (Lipinski definition) is 2. The Hall–Kier alpha value is -2.79. The van der Waals surface area contributed by atoms with Crippen molar-refractivity contribution in [1.29, 1.82) is 0 Å². The van der Waals surface area contributed by atoms with Crippen LogP contribution in [0.4, 0.5) is 11.4 Å². The fourth-order valence-electron chi connectivity index (χ4n) is 2.05. The molecule has 6 heteroatoms. The number of benzene rings is 1. The fraction of sp³-hybridized carbons (Fsp3) is 0.0588. The van der Waals surface area contributed by atoms with E-state index < -0.39 is 0 Å². The predicted octanol–water partition coefficient (Wildman–Crippen LogP) is 4.00. The molecule has 2 N–H and O–H groups in total. The van der Waals surface area contributed by atoms with Crippen molar-refractivity contribution < 1.29 is 9.21 Å². The molecular formula is C17H14ClN3O2. The molecule has 0 saturated heterocycles. The lowest BCUT2D eigenvalue weighted by molar-refractivity contribution is 0.0947. The molecule has 0 aliphatic carbocycles. The van der Waals surface area contributed by atoms with Gasteiger partial charge in [0, 0.05) is 16.9 Å². The van der Waals surface area contributed by atoms with Gasteiger partial charge in [-0.2, -0.15) is 0 Å². The molecule has 0 spiro atoms. The topological polar surface area (TPSA) is 67.2 Å². The van der Waals surface area contributed by atoms with E-state index in [-0.39, 0.29) is 5.91 Å². The van der Waals surface area contributed by atoms with Crippen molar-refractivity contribution in [3.63, 3.8) is 0 Å². The lowest BCUT2D eigenvalue weighted by Gasteiger charge is -2.08. The van der Waals surface area contributed by atoms with E-state index in [2.05, 4.69) is 15.6 Å². The Balaban J connectivity index is 1.68. The molecule has 3 rings (SSSR count). The van der Waals surface area contributed by atoms with Gasteiger partial charge in [-0.3, -0.25) is 9.78 Å². The summed E-state index contributed by atoms with van der Waals surface area (Å²) in [6, 6.07) is 12.6. The van der Waals surface area contributed by atoms with Crippen LogP contribution in [0, 0.1) is 0 Å². The molecule has 0 aliphatic heterocycles. The van der Waals surface area contributed by atoms with Crippen LogP contribution in [-0.2, 0) is 6.54 Å². The van der Waals surface area contributed by atoms with Gasteiger partial charge in [-0.15, -0.1) is 0 Å². The van der Waals surface area contributed by atoms with E-state index in [1.807, 2.05) is 12.1 Å². The van der Waals surface area contributed by atoms with E-state index in [4.69, 9.17) is 16.0 Å². The van der Waals surface area contributed by atoms with E-state index in [0.29, 0.717) is 28.6 Å². The van der Waals surface area contributed by atoms with Crippen LogP contribution < -0.4 is 10.6 Å². The van der Waals surface area contributed by atoms with Crippen molar-refractivity contribution in [2.24, 2.45) is 0 Å². The Morgan fingerprint density at radius 1 is 1.13 bits per heavy atom. The summed E-state index contributed by atoms with van der Waals surface area (Å²) < 4.78 is 5.18. The number of amides is 1. The summed E-state index contributed by atoms with van der Waals surface area (Å²) in [7, 11) is 0. The van der Waals surface area contributed by atoms with Crippen molar-refractivity contribution in [2.45, 2.75) is 6.54 Å². The molecule has 2 aromatic heterocycles. The Morgan fingerprint density at radius 2 is 2.04 bits per heavy atom. The number of rotatable bonds is 5. The number of halogens is 1. The van der Waals surface area contributed by atoms with E-state index in [1.165, 1.54) is 6.20 Å². The third-order valence-electron chi connectivity index (χ3n) is 3.12. The molecular weight excluding hydrogens is 314 g/mol. The lowest BCUT2D eigenvalue weighted by Crippen LogP contribution is -2.22. The van der Waals surface area contributed by atoms with E-state index in [0.717, 1.165) is 5.69 Å². The highest BCUT2D eigenvalue weighted by atomic mass is 35.5. The van der Waals surface area contributed by atoms with Crippen molar-refractivity contribution in [3.8, 4) is 0 Å². The van der Waals surface area contributed by atoms with Gasteiger partial charge in [0.25, 0.3) is 5.91 Å². The molecule has 0 bridgehead atoms. The van der Waals surface area contributed by atoms with Crippen LogP contribution in [0.5, 0.6) is 0 Å². The standard InChI is InChI=1S/C17H14ClN3O2/c18-13-3-1-4-14(8-13)21-15-7-12(9-19-10-15)17(22)20-11-16-5-2-6-23-16/h1-10,21H,11H2,(H,20,22). The van der Waals surface area contributed by atoms with Crippen LogP contribution in [0.2, 0.25) is 5.02 Å². The highest BCUT2D eigenvalue weighted by Crippen LogP contribution is 2.20. The van der Waals surface area contributed by atoms with Gasteiger partial charge in [0.1, 0.15) is 5.76 Å². The SMILES string of the molecule is O=C(NCc1ccco1)c1cncc(Nc2cccc(Cl)c2)c1. The predicted molar refractivity (Wildman–Crippen MR) is 88.8 cm³/mol. The second-order valence-corrected chi connectivity index (χ2v) is 5.30.